The number of hydrogen-bond donors (Lipinski definition) is 2. The van der Waals surface area contributed by atoms with Crippen molar-refractivity contribution in [2.45, 2.75) is 32.2 Å². The first-order valence-electron chi connectivity index (χ1n) is 6.48. The molecule has 0 radical (unpaired) electrons. The van der Waals surface area contributed by atoms with Gasteiger partial charge in [0.25, 0.3) is 0 Å². The number of ether oxygens (including phenoxy) is 1. The molecule has 4 heteroatoms. The third-order valence-electron chi connectivity index (χ3n) is 3.38. The van der Waals surface area contributed by atoms with Crippen molar-refractivity contribution < 1.29 is 14.6 Å². The highest BCUT2D eigenvalue weighted by Crippen LogP contribution is 2.28. The molecular weight excluding hydrogens is 242 g/mol. The summed E-state index contributed by atoms with van der Waals surface area (Å²) < 4.78 is 5.13. The maximum Gasteiger partial charge on any atom is 0.247 e. The third-order valence-corrected chi connectivity index (χ3v) is 3.38. The number of phenols is 1. The van der Waals surface area contributed by atoms with Crippen LogP contribution in [0.4, 0.5) is 0 Å². The topological polar surface area (TPSA) is 58.6 Å². The Morgan fingerprint density at radius 3 is 2.89 bits per heavy atom. The minimum atomic E-state index is -0.260. The van der Waals surface area contributed by atoms with Gasteiger partial charge in [-0.15, -0.1) is 0 Å². The monoisotopic (exact) mass is 261 g/mol. The molecule has 0 aromatic heterocycles. The number of rotatable bonds is 4. The number of allylic oxidation sites excluding steroid dienone is 1. The van der Waals surface area contributed by atoms with Gasteiger partial charge in [-0.05, 0) is 44.4 Å². The number of phenolic OH excluding ortho intramolecular Hbond substituents is 1. The number of carbonyl (C=O) groups is 1. The summed E-state index contributed by atoms with van der Waals surface area (Å²) in [6.07, 6.45) is 4.83. The largest absolute Gasteiger partial charge is 0.508 e. The third kappa shape index (κ3) is 3.08. The molecule has 0 aliphatic heterocycles. The maximum atomic E-state index is 12.0. The lowest BCUT2D eigenvalue weighted by atomic mass is 10.1. The van der Waals surface area contributed by atoms with Gasteiger partial charge in [0.05, 0.1) is 13.2 Å². The predicted molar refractivity (Wildman–Crippen MR) is 73.2 cm³/mol. The molecule has 0 saturated heterocycles. The van der Waals surface area contributed by atoms with E-state index in [1.807, 2.05) is 13.0 Å². The Hall–Kier alpha value is -1.97. The Bertz CT molecular complexity index is 508. The summed E-state index contributed by atoms with van der Waals surface area (Å²) in [5.74, 6) is 0.773. The fraction of sp³-hybridized carbons (Fsp3) is 0.400. The fourth-order valence-electron chi connectivity index (χ4n) is 2.25. The maximum absolute atomic E-state index is 12.0. The van der Waals surface area contributed by atoms with Crippen molar-refractivity contribution in [2.75, 3.05) is 7.11 Å². The minimum absolute atomic E-state index is 0.0489. The van der Waals surface area contributed by atoms with Crippen molar-refractivity contribution in [3.05, 3.63) is 35.4 Å². The van der Waals surface area contributed by atoms with E-state index in [1.54, 1.807) is 25.3 Å². The smallest absolute Gasteiger partial charge is 0.247 e. The van der Waals surface area contributed by atoms with E-state index in [2.05, 4.69) is 5.32 Å². The summed E-state index contributed by atoms with van der Waals surface area (Å²) in [6.45, 7) is 1.85. The molecule has 0 saturated carbocycles. The summed E-state index contributed by atoms with van der Waals surface area (Å²) in [5, 5.41) is 12.8. The molecule has 1 unspecified atom stereocenters. The second kappa shape index (κ2) is 5.78. The van der Waals surface area contributed by atoms with Gasteiger partial charge in [-0.3, -0.25) is 4.79 Å². The summed E-state index contributed by atoms with van der Waals surface area (Å²) in [5.41, 5.74) is 1.50. The minimum Gasteiger partial charge on any atom is -0.508 e. The van der Waals surface area contributed by atoms with E-state index >= 15 is 0 Å². The normalized spacial score (nSPS) is 15.8. The van der Waals surface area contributed by atoms with Crippen LogP contribution in [0.2, 0.25) is 0 Å². The molecule has 19 heavy (non-hydrogen) atoms. The molecule has 1 aromatic rings. The quantitative estimate of drug-likeness (QED) is 0.876. The lowest BCUT2D eigenvalue weighted by Gasteiger charge is -2.17. The van der Waals surface area contributed by atoms with Crippen LogP contribution in [0.5, 0.6) is 11.5 Å². The molecular formula is C15H19NO3. The molecule has 1 aromatic carbocycles. The Morgan fingerprint density at radius 1 is 1.47 bits per heavy atom. The number of nitrogens with one attached hydrogen (secondary N) is 1. The van der Waals surface area contributed by atoms with Crippen LogP contribution in [0, 0.1) is 0 Å². The number of hydrogen-bond acceptors (Lipinski definition) is 3. The number of carbonyl (C=O) groups excluding carboxylic acids is 1. The Morgan fingerprint density at radius 2 is 2.26 bits per heavy atom. The Labute approximate surface area is 113 Å². The van der Waals surface area contributed by atoms with Crippen molar-refractivity contribution in [3.63, 3.8) is 0 Å². The Balaban J connectivity index is 2.10. The first-order valence-corrected chi connectivity index (χ1v) is 6.48. The average molecular weight is 261 g/mol. The molecule has 0 bridgehead atoms. The van der Waals surface area contributed by atoms with Crippen molar-refractivity contribution in [3.8, 4) is 11.5 Å². The SMILES string of the molecule is COc1ccc(O)c(C(C)NC(=O)C2=CCCC2)c1. The van der Waals surface area contributed by atoms with Gasteiger partial charge < -0.3 is 15.2 Å². The van der Waals surface area contributed by atoms with Crippen LogP contribution < -0.4 is 10.1 Å². The van der Waals surface area contributed by atoms with Crippen molar-refractivity contribution in [1.29, 1.82) is 0 Å². The van der Waals surface area contributed by atoms with E-state index in [9.17, 15) is 9.90 Å². The van der Waals surface area contributed by atoms with E-state index in [4.69, 9.17) is 4.74 Å². The van der Waals surface area contributed by atoms with Crippen molar-refractivity contribution in [1.82, 2.24) is 5.32 Å². The highest BCUT2D eigenvalue weighted by Gasteiger charge is 2.18. The van der Waals surface area contributed by atoms with Gasteiger partial charge in [-0.1, -0.05) is 6.08 Å². The van der Waals surface area contributed by atoms with Crippen molar-refractivity contribution in [2.24, 2.45) is 0 Å². The summed E-state index contributed by atoms with van der Waals surface area (Å²) in [6, 6.07) is 4.74. The Kier molecular flexibility index (Phi) is 4.10. The van der Waals surface area contributed by atoms with Gasteiger partial charge in [0.15, 0.2) is 0 Å². The van der Waals surface area contributed by atoms with Crippen LogP contribution in [-0.2, 0) is 4.79 Å². The van der Waals surface area contributed by atoms with E-state index in [0.717, 1.165) is 24.8 Å². The second-order valence-corrected chi connectivity index (χ2v) is 4.74. The standard InChI is InChI=1S/C15H19NO3/c1-10(16-15(18)11-5-3-4-6-11)13-9-12(19-2)7-8-14(13)17/h5,7-10,17H,3-4,6H2,1-2H3,(H,16,18). The molecule has 1 aliphatic carbocycles. The van der Waals surface area contributed by atoms with Crippen LogP contribution in [-0.4, -0.2) is 18.1 Å². The van der Waals surface area contributed by atoms with Gasteiger partial charge in [0.1, 0.15) is 11.5 Å². The van der Waals surface area contributed by atoms with Gasteiger partial charge in [0.2, 0.25) is 5.91 Å². The van der Waals surface area contributed by atoms with Crippen LogP contribution in [0.15, 0.2) is 29.8 Å². The zero-order valence-corrected chi connectivity index (χ0v) is 11.3. The molecule has 4 nitrogen and oxygen atoms in total. The van der Waals surface area contributed by atoms with E-state index in [-0.39, 0.29) is 17.7 Å². The predicted octanol–water partition coefficient (Wildman–Crippen LogP) is 2.69. The van der Waals surface area contributed by atoms with Crippen LogP contribution in [0.3, 0.4) is 0 Å². The van der Waals surface area contributed by atoms with Crippen molar-refractivity contribution >= 4 is 5.91 Å². The lowest BCUT2D eigenvalue weighted by Crippen LogP contribution is -2.27. The molecule has 2 N–H and O–H groups in total. The van der Waals surface area contributed by atoms with Gasteiger partial charge in [-0.25, -0.2) is 0 Å². The van der Waals surface area contributed by atoms with Gasteiger partial charge >= 0.3 is 0 Å². The number of aromatic hydroxyl groups is 1. The molecule has 1 atom stereocenters. The zero-order valence-electron chi connectivity index (χ0n) is 11.3. The van der Waals surface area contributed by atoms with Gasteiger partial charge in [-0.2, -0.15) is 0 Å². The lowest BCUT2D eigenvalue weighted by molar-refractivity contribution is -0.118. The van der Waals surface area contributed by atoms with Crippen LogP contribution in [0.25, 0.3) is 0 Å². The second-order valence-electron chi connectivity index (χ2n) is 4.74. The first kappa shape index (κ1) is 13.5. The fourth-order valence-corrected chi connectivity index (χ4v) is 2.25. The average Bonchev–Trinajstić information content (AvgIpc) is 2.93. The molecule has 1 aliphatic rings. The van der Waals surface area contributed by atoms with E-state index in [0.29, 0.717) is 11.3 Å². The zero-order chi connectivity index (χ0) is 13.8. The summed E-state index contributed by atoms with van der Waals surface area (Å²) in [4.78, 5) is 12.0. The highest BCUT2D eigenvalue weighted by molar-refractivity contribution is 5.94. The summed E-state index contributed by atoms with van der Waals surface area (Å²) in [7, 11) is 1.57. The first-order chi connectivity index (χ1) is 9.11. The molecule has 0 fully saturated rings. The number of benzene rings is 1. The molecule has 1 amide bonds. The van der Waals surface area contributed by atoms with Crippen LogP contribution >= 0.6 is 0 Å². The number of amides is 1. The molecule has 102 valence electrons. The number of methoxy groups -OCH3 is 1. The summed E-state index contributed by atoms with van der Waals surface area (Å²) >= 11 is 0. The van der Waals surface area contributed by atoms with Crippen LogP contribution in [0.1, 0.15) is 37.8 Å². The molecule has 0 heterocycles. The molecule has 0 spiro atoms. The highest BCUT2D eigenvalue weighted by atomic mass is 16.5. The van der Waals surface area contributed by atoms with E-state index < -0.39 is 0 Å². The van der Waals surface area contributed by atoms with Gasteiger partial charge in [0, 0.05) is 11.1 Å². The van der Waals surface area contributed by atoms with E-state index in [1.165, 1.54) is 0 Å². The molecule has 2 rings (SSSR count).